The maximum absolute atomic E-state index is 7.47. The van der Waals surface area contributed by atoms with Crippen LogP contribution < -0.4 is 26.2 Å². The van der Waals surface area contributed by atoms with Crippen molar-refractivity contribution in [2.24, 2.45) is 0 Å². The van der Waals surface area contributed by atoms with E-state index in [1.165, 1.54) is 11.1 Å². The van der Waals surface area contributed by atoms with Gasteiger partial charge in [-0.1, -0.05) is 181 Å². The minimum atomic E-state index is -0.302. The second kappa shape index (κ2) is 16.7. The van der Waals surface area contributed by atoms with Crippen molar-refractivity contribution in [3.63, 3.8) is 0 Å². The highest BCUT2D eigenvalue weighted by molar-refractivity contribution is 7.02. The molecule has 7 heteroatoms. The zero-order chi connectivity index (χ0) is 51.9. The maximum Gasteiger partial charge on any atom is 0.262 e. The predicted octanol–water partition coefficient (Wildman–Crippen LogP) is 18.0. The molecule has 0 amide bonds. The average molecular weight is 997 g/mol. The number of fused-ring (bicyclic) bond motifs is 10. The van der Waals surface area contributed by atoms with Gasteiger partial charge in [0.15, 0.2) is 0 Å². The van der Waals surface area contributed by atoms with Crippen molar-refractivity contribution in [2.45, 2.75) is 52.4 Å². The van der Waals surface area contributed by atoms with Crippen LogP contribution in [0.4, 0.5) is 34.5 Å². The summed E-state index contributed by atoms with van der Waals surface area (Å²) in [6.07, 6.45) is 0. The van der Waals surface area contributed by atoms with Gasteiger partial charge in [-0.2, -0.15) is 0 Å². The molecule has 370 valence electrons. The van der Waals surface area contributed by atoms with Crippen LogP contribution in [-0.2, 0) is 10.8 Å². The molecule has 6 nitrogen and oxygen atoms in total. The lowest BCUT2D eigenvalue weighted by molar-refractivity contribution is 0.589. The van der Waals surface area contributed by atoms with Crippen LogP contribution in [0.5, 0.6) is 0 Å². The summed E-state index contributed by atoms with van der Waals surface area (Å²) in [6.45, 7) is 13.4. The fourth-order valence-electron chi connectivity index (χ4n) is 12.1. The van der Waals surface area contributed by atoms with Crippen LogP contribution in [-0.4, -0.2) is 6.71 Å². The number of nitrogens with zero attached hydrogens (tertiary/aromatic N) is 2. The molecule has 2 aliphatic rings. The van der Waals surface area contributed by atoms with Crippen LogP contribution in [0.1, 0.15) is 52.7 Å². The predicted molar refractivity (Wildman–Crippen MR) is 319 cm³/mol. The summed E-state index contributed by atoms with van der Waals surface area (Å²) < 4.78 is 28.2. The van der Waals surface area contributed by atoms with E-state index in [4.69, 9.17) is 17.7 Å². The van der Waals surface area contributed by atoms with Crippen molar-refractivity contribution >= 4 is 101 Å². The van der Waals surface area contributed by atoms with Gasteiger partial charge in [-0.3, -0.25) is 9.80 Å². The van der Waals surface area contributed by atoms with Crippen LogP contribution in [0.2, 0.25) is 0 Å². The van der Waals surface area contributed by atoms with Crippen LogP contribution in [0.3, 0.4) is 0 Å². The summed E-state index contributed by atoms with van der Waals surface area (Å²) in [5.74, 6) is 3.14. The van der Waals surface area contributed by atoms with Gasteiger partial charge in [0.25, 0.3) is 6.71 Å². The third kappa shape index (κ3) is 7.10. The molecule has 0 saturated heterocycles. The summed E-state index contributed by atoms with van der Waals surface area (Å²) in [5.41, 5.74) is 19.1. The van der Waals surface area contributed by atoms with E-state index in [9.17, 15) is 0 Å². The summed E-state index contributed by atoms with van der Waals surface area (Å²) >= 11 is 0. The van der Waals surface area contributed by atoms with Crippen molar-refractivity contribution in [2.75, 3.05) is 9.80 Å². The van der Waals surface area contributed by atoms with E-state index in [-0.39, 0.29) is 17.5 Å². The monoisotopic (exact) mass is 996 g/mol. The molecule has 0 fully saturated rings. The lowest BCUT2D eigenvalue weighted by atomic mass is 9.33. The van der Waals surface area contributed by atoms with E-state index in [0.717, 1.165) is 140 Å². The molecule has 0 unspecified atom stereocenters. The van der Waals surface area contributed by atoms with E-state index in [2.05, 4.69) is 239 Å². The number of anilines is 6. The first-order valence-electron chi connectivity index (χ1n) is 26.7. The Hall–Kier alpha value is -9.20. The first-order valence-corrected chi connectivity index (χ1v) is 26.7. The number of rotatable bonds is 6. The van der Waals surface area contributed by atoms with E-state index in [0.29, 0.717) is 0 Å². The standard InChI is InChI=1S/C70H53BN2O4/c1-69(2,3)48-30-34-60-52(40-48)64-67(76-60)72(56-36-46(28-32-50(56)42-18-9-7-10-19-42)62-38-44-22-13-15-26-58(44)74-62)54-24-17-25-55-66(54)71(64)65-53-41-49(70(4,5)6)31-35-61(53)77-68(65)73(55)57-37-47(29-33-51(57)43-20-11-8-12-21-43)63-39-45-23-14-16-27-59(45)75-63/h7-41H,1-6H3. The van der Waals surface area contributed by atoms with E-state index in [1.807, 2.05) is 24.3 Å². The van der Waals surface area contributed by atoms with Gasteiger partial charge in [0.1, 0.15) is 33.9 Å². The van der Waals surface area contributed by atoms with Gasteiger partial charge >= 0.3 is 0 Å². The van der Waals surface area contributed by atoms with E-state index < -0.39 is 0 Å². The zero-order valence-electron chi connectivity index (χ0n) is 43.8. The highest BCUT2D eigenvalue weighted by Crippen LogP contribution is 2.52. The molecule has 2 aliphatic heterocycles. The fraction of sp³-hybridized carbons (Fsp3) is 0.114. The van der Waals surface area contributed by atoms with Crippen LogP contribution >= 0.6 is 0 Å². The van der Waals surface area contributed by atoms with Gasteiger partial charge in [-0.25, -0.2) is 0 Å². The summed E-state index contributed by atoms with van der Waals surface area (Å²) in [6, 6.07) is 75.9. The number of hydrogen-bond donors (Lipinski definition) is 0. The smallest absolute Gasteiger partial charge is 0.262 e. The highest BCUT2D eigenvalue weighted by Gasteiger charge is 2.49. The number of para-hydroxylation sites is 2. The third-order valence-corrected chi connectivity index (χ3v) is 16.0. The number of benzene rings is 9. The Balaban J connectivity index is 1.07. The molecule has 0 aliphatic carbocycles. The van der Waals surface area contributed by atoms with Crippen molar-refractivity contribution in [1.82, 2.24) is 0 Å². The molecule has 13 aromatic rings. The normalized spacial score (nSPS) is 13.2. The quantitative estimate of drug-likeness (QED) is 0.155. The van der Waals surface area contributed by atoms with Crippen molar-refractivity contribution in [3.8, 4) is 44.9 Å². The Morgan fingerprint density at radius 2 is 0.753 bits per heavy atom. The van der Waals surface area contributed by atoms with E-state index >= 15 is 0 Å². The molecular weight excluding hydrogens is 944 g/mol. The Morgan fingerprint density at radius 1 is 0.325 bits per heavy atom. The SMILES string of the molecule is CC(C)(C)c1ccc2oc3c(c2c1)B1c2c(cccc2N(c2cc(-c4cc5ccccc5o4)ccc2-c2ccccc2)c2oc4ccc(C(C)(C)C)cc4c21)N3c1cc(-c2cc3ccccc3o2)ccc1-c1ccccc1. The zero-order valence-corrected chi connectivity index (χ0v) is 43.8. The molecule has 0 saturated carbocycles. The molecule has 4 aromatic heterocycles. The van der Waals surface area contributed by atoms with Gasteiger partial charge in [-0.15, -0.1) is 0 Å². The van der Waals surface area contributed by atoms with Crippen molar-refractivity contribution in [3.05, 3.63) is 223 Å². The molecule has 6 heterocycles. The first-order chi connectivity index (χ1) is 37.4. The molecule has 0 spiro atoms. The van der Waals surface area contributed by atoms with E-state index in [1.54, 1.807) is 0 Å². The van der Waals surface area contributed by atoms with Gasteiger partial charge in [0.2, 0.25) is 11.8 Å². The third-order valence-electron chi connectivity index (χ3n) is 16.0. The van der Waals surface area contributed by atoms with Crippen LogP contribution in [0.25, 0.3) is 88.8 Å². The van der Waals surface area contributed by atoms with Crippen LogP contribution in [0.15, 0.2) is 230 Å². The largest absolute Gasteiger partial charge is 0.456 e. The molecule has 9 aromatic carbocycles. The minimum absolute atomic E-state index is 0.131. The minimum Gasteiger partial charge on any atom is -0.456 e. The molecule has 15 rings (SSSR count). The van der Waals surface area contributed by atoms with Crippen molar-refractivity contribution in [1.29, 1.82) is 0 Å². The molecule has 0 N–H and O–H groups in total. The Bertz CT molecular complexity index is 4150. The van der Waals surface area contributed by atoms with Crippen LogP contribution in [0, 0.1) is 0 Å². The molecule has 77 heavy (non-hydrogen) atoms. The second-order valence-corrected chi connectivity index (χ2v) is 22.9. The lowest BCUT2D eigenvalue weighted by Crippen LogP contribution is -2.60. The molecule has 0 atom stereocenters. The van der Waals surface area contributed by atoms with Gasteiger partial charge in [-0.05, 0) is 111 Å². The topological polar surface area (TPSA) is 59.0 Å². The Labute approximate surface area is 447 Å². The highest BCUT2D eigenvalue weighted by atomic mass is 16.4. The fourth-order valence-corrected chi connectivity index (χ4v) is 12.1. The summed E-state index contributed by atoms with van der Waals surface area (Å²) in [5, 5.41) is 4.27. The lowest BCUT2D eigenvalue weighted by Gasteiger charge is -2.41. The van der Waals surface area contributed by atoms with Gasteiger partial charge < -0.3 is 17.7 Å². The molecular formula is C70H53BN2O4. The molecule has 0 bridgehead atoms. The Kier molecular flexibility index (Phi) is 9.78. The number of hydrogen-bond acceptors (Lipinski definition) is 6. The van der Waals surface area contributed by atoms with Gasteiger partial charge in [0, 0.05) is 66.1 Å². The summed E-state index contributed by atoms with van der Waals surface area (Å²) in [4.78, 5) is 4.79. The Morgan fingerprint density at radius 3 is 1.18 bits per heavy atom. The molecule has 0 radical (unpaired) electrons. The second-order valence-electron chi connectivity index (χ2n) is 22.9. The number of furan rings is 4. The maximum atomic E-state index is 7.47. The van der Waals surface area contributed by atoms with Crippen molar-refractivity contribution < 1.29 is 17.7 Å². The summed E-state index contributed by atoms with van der Waals surface area (Å²) in [7, 11) is 0. The first kappa shape index (κ1) is 45.2. The van der Waals surface area contributed by atoms with Gasteiger partial charge in [0.05, 0.1) is 11.4 Å². The average Bonchev–Trinajstić information content (AvgIpc) is 4.36.